The molecule has 1 aromatic heterocycles. The van der Waals surface area contributed by atoms with Crippen LogP contribution in [-0.4, -0.2) is 20.2 Å². The normalized spacial score (nSPS) is 11.8. The SMILES string of the molecule is FC(F)(F)n1nnnc1-c1ccc(Cl)cc1. The number of tetrazole rings is 1. The smallest absolute Gasteiger partial charge is 0.149 e. The molecule has 0 fully saturated rings. The molecule has 0 aliphatic rings. The lowest BCUT2D eigenvalue weighted by atomic mass is 10.2. The van der Waals surface area contributed by atoms with E-state index in [1.54, 1.807) is 0 Å². The second-order valence-corrected chi connectivity index (χ2v) is 3.33. The minimum atomic E-state index is -4.64. The third-order valence-electron chi connectivity index (χ3n) is 1.81. The summed E-state index contributed by atoms with van der Waals surface area (Å²) in [6.45, 7) is 0. The lowest BCUT2D eigenvalue weighted by molar-refractivity contribution is -0.211. The zero-order valence-corrected chi connectivity index (χ0v) is 8.37. The molecule has 0 aliphatic carbocycles. The number of alkyl halides is 3. The molecule has 2 rings (SSSR count). The summed E-state index contributed by atoms with van der Waals surface area (Å²) in [5.41, 5.74) is 0.242. The average molecular weight is 249 g/mol. The summed E-state index contributed by atoms with van der Waals surface area (Å²) in [7, 11) is 0. The van der Waals surface area contributed by atoms with E-state index in [0.29, 0.717) is 5.02 Å². The van der Waals surface area contributed by atoms with E-state index < -0.39 is 6.30 Å². The molecule has 0 amide bonds. The summed E-state index contributed by atoms with van der Waals surface area (Å²) >= 11 is 5.62. The molecule has 0 spiro atoms. The van der Waals surface area contributed by atoms with Crippen LogP contribution in [0.5, 0.6) is 0 Å². The van der Waals surface area contributed by atoms with Crippen molar-refractivity contribution >= 4 is 11.6 Å². The fourth-order valence-electron chi connectivity index (χ4n) is 1.14. The molecule has 2 aromatic rings. The van der Waals surface area contributed by atoms with Crippen LogP contribution in [0.2, 0.25) is 5.02 Å². The molecule has 4 nitrogen and oxygen atoms in total. The van der Waals surface area contributed by atoms with E-state index in [1.165, 1.54) is 24.3 Å². The van der Waals surface area contributed by atoms with Gasteiger partial charge in [-0.2, -0.15) is 0 Å². The molecule has 0 N–H and O–H groups in total. The van der Waals surface area contributed by atoms with Gasteiger partial charge in [-0.1, -0.05) is 11.6 Å². The summed E-state index contributed by atoms with van der Waals surface area (Å²) in [4.78, 5) is 0. The van der Waals surface area contributed by atoms with Crippen LogP contribution in [0.1, 0.15) is 0 Å². The summed E-state index contributed by atoms with van der Waals surface area (Å²) in [6.07, 6.45) is -4.64. The van der Waals surface area contributed by atoms with Gasteiger partial charge in [-0.3, -0.25) is 0 Å². The maximum atomic E-state index is 12.4. The lowest BCUT2D eigenvalue weighted by Crippen LogP contribution is -2.19. The molecular formula is C8H4ClF3N4. The molecule has 0 saturated heterocycles. The van der Waals surface area contributed by atoms with E-state index in [-0.39, 0.29) is 16.1 Å². The van der Waals surface area contributed by atoms with Gasteiger partial charge in [-0.25, -0.2) is 0 Å². The first-order valence-corrected chi connectivity index (χ1v) is 4.48. The maximum absolute atomic E-state index is 12.4. The van der Waals surface area contributed by atoms with Crippen LogP contribution >= 0.6 is 11.6 Å². The Labute approximate surface area is 92.6 Å². The molecule has 84 valence electrons. The van der Waals surface area contributed by atoms with Gasteiger partial charge in [0.05, 0.1) is 0 Å². The molecule has 1 aromatic carbocycles. The van der Waals surface area contributed by atoms with Gasteiger partial charge >= 0.3 is 6.30 Å². The number of hydrogen-bond donors (Lipinski definition) is 0. The first-order valence-electron chi connectivity index (χ1n) is 4.10. The van der Waals surface area contributed by atoms with Crippen molar-refractivity contribution in [3.05, 3.63) is 29.3 Å². The summed E-state index contributed by atoms with van der Waals surface area (Å²) in [5.74, 6) is -0.371. The van der Waals surface area contributed by atoms with Gasteiger partial charge in [0.2, 0.25) is 0 Å². The maximum Gasteiger partial charge on any atom is 0.507 e. The number of benzene rings is 1. The van der Waals surface area contributed by atoms with E-state index >= 15 is 0 Å². The third kappa shape index (κ3) is 1.99. The van der Waals surface area contributed by atoms with Gasteiger partial charge < -0.3 is 0 Å². The molecule has 0 atom stereocenters. The first-order chi connectivity index (χ1) is 7.48. The molecule has 0 aliphatic heterocycles. The highest BCUT2D eigenvalue weighted by molar-refractivity contribution is 6.30. The van der Waals surface area contributed by atoms with E-state index in [9.17, 15) is 13.2 Å². The number of aromatic nitrogens is 4. The zero-order chi connectivity index (χ0) is 11.8. The zero-order valence-electron chi connectivity index (χ0n) is 7.61. The highest BCUT2D eigenvalue weighted by Crippen LogP contribution is 2.27. The first kappa shape index (κ1) is 10.9. The van der Waals surface area contributed by atoms with Crippen LogP contribution < -0.4 is 0 Å². The van der Waals surface area contributed by atoms with E-state index in [4.69, 9.17) is 11.6 Å². The van der Waals surface area contributed by atoms with Crippen molar-refractivity contribution < 1.29 is 13.2 Å². The molecule has 1 heterocycles. The fourth-order valence-corrected chi connectivity index (χ4v) is 1.26. The van der Waals surface area contributed by atoms with E-state index in [2.05, 4.69) is 15.5 Å². The molecule has 0 bridgehead atoms. The van der Waals surface area contributed by atoms with Crippen molar-refractivity contribution in [3.8, 4) is 11.4 Å². The Morgan fingerprint density at radius 1 is 1.12 bits per heavy atom. The second kappa shape index (κ2) is 3.75. The van der Waals surface area contributed by atoms with E-state index in [1.807, 2.05) is 0 Å². The van der Waals surface area contributed by atoms with E-state index in [0.717, 1.165) is 0 Å². The summed E-state index contributed by atoms with van der Waals surface area (Å²) < 4.78 is 37.1. The Hall–Kier alpha value is -1.63. The van der Waals surface area contributed by atoms with Crippen molar-refractivity contribution in [2.75, 3.05) is 0 Å². The summed E-state index contributed by atoms with van der Waals surface area (Å²) in [6, 6.07) is 5.76. The fraction of sp³-hybridized carbons (Fsp3) is 0.125. The third-order valence-corrected chi connectivity index (χ3v) is 2.06. The predicted molar refractivity (Wildman–Crippen MR) is 49.6 cm³/mol. The minimum Gasteiger partial charge on any atom is -0.149 e. The number of hydrogen-bond acceptors (Lipinski definition) is 3. The van der Waals surface area contributed by atoms with Crippen LogP contribution in [0.25, 0.3) is 11.4 Å². The largest absolute Gasteiger partial charge is 0.507 e. The van der Waals surface area contributed by atoms with Gasteiger partial charge in [-0.05, 0) is 34.7 Å². The number of halogens is 4. The standard InChI is InChI=1S/C8H4ClF3N4/c9-6-3-1-5(2-4-6)7-13-14-15-16(7)8(10,11)12/h1-4H. The van der Waals surface area contributed by atoms with Gasteiger partial charge in [0, 0.05) is 10.6 Å². The Morgan fingerprint density at radius 2 is 1.75 bits per heavy atom. The Kier molecular flexibility index (Phi) is 2.55. The van der Waals surface area contributed by atoms with Crippen molar-refractivity contribution in [2.45, 2.75) is 6.30 Å². The van der Waals surface area contributed by atoms with Gasteiger partial charge in [0.15, 0.2) is 5.82 Å². The minimum absolute atomic E-state index is 0.198. The van der Waals surface area contributed by atoms with Crippen LogP contribution in [0.3, 0.4) is 0 Å². The Morgan fingerprint density at radius 3 is 2.31 bits per heavy atom. The Bertz CT molecular complexity index is 491. The number of rotatable bonds is 1. The predicted octanol–water partition coefficient (Wildman–Crippen LogP) is 2.47. The van der Waals surface area contributed by atoms with Crippen molar-refractivity contribution in [3.63, 3.8) is 0 Å². The highest BCUT2D eigenvalue weighted by Gasteiger charge is 2.35. The summed E-state index contributed by atoms with van der Waals surface area (Å²) in [5, 5.41) is 9.63. The molecule has 8 heteroatoms. The quantitative estimate of drug-likeness (QED) is 0.779. The van der Waals surface area contributed by atoms with Crippen molar-refractivity contribution in [1.29, 1.82) is 0 Å². The van der Waals surface area contributed by atoms with Crippen LogP contribution in [-0.2, 0) is 6.30 Å². The van der Waals surface area contributed by atoms with Crippen LogP contribution in [0.15, 0.2) is 24.3 Å². The van der Waals surface area contributed by atoms with Crippen LogP contribution in [0.4, 0.5) is 13.2 Å². The molecular weight excluding hydrogens is 245 g/mol. The average Bonchev–Trinajstić information content (AvgIpc) is 2.66. The topological polar surface area (TPSA) is 43.6 Å². The van der Waals surface area contributed by atoms with Gasteiger partial charge in [-0.15, -0.1) is 23.0 Å². The van der Waals surface area contributed by atoms with Crippen molar-refractivity contribution in [2.24, 2.45) is 0 Å². The van der Waals surface area contributed by atoms with Gasteiger partial charge in [0.1, 0.15) is 0 Å². The van der Waals surface area contributed by atoms with Crippen LogP contribution in [0, 0.1) is 0 Å². The lowest BCUT2D eigenvalue weighted by Gasteiger charge is -2.07. The van der Waals surface area contributed by atoms with Crippen molar-refractivity contribution in [1.82, 2.24) is 20.2 Å². The Balaban J connectivity index is 2.49. The molecule has 0 saturated carbocycles. The monoisotopic (exact) mass is 248 g/mol. The molecule has 16 heavy (non-hydrogen) atoms. The van der Waals surface area contributed by atoms with Gasteiger partial charge in [0.25, 0.3) is 0 Å². The highest BCUT2D eigenvalue weighted by atomic mass is 35.5. The number of nitrogens with zero attached hydrogens (tertiary/aromatic N) is 4. The second-order valence-electron chi connectivity index (χ2n) is 2.89. The molecule has 0 radical (unpaired) electrons. The molecule has 0 unspecified atom stereocenters.